The van der Waals surface area contributed by atoms with E-state index in [1.54, 1.807) is 37.3 Å². The summed E-state index contributed by atoms with van der Waals surface area (Å²) in [6.07, 6.45) is -1.21. The second-order valence-corrected chi connectivity index (χ2v) is 6.78. The van der Waals surface area contributed by atoms with E-state index in [-0.39, 0.29) is 0 Å². The van der Waals surface area contributed by atoms with Crippen LogP contribution in [0.15, 0.2) is 65.6 Å². The van der Waals surface area contributed by atoms with Crippen molar-refractivity contribution >= 4 is 29.7 Å². The van der Waals surface area contributed by atoms with Gasteiger partial charge < -0.3 is 10.1 Å². The average Bonchev–Trinajstić information content (AvgIpc) is 2.67. The zero-order chi connectivity index (χ0) is 18.9. The van der Waals surface area contributed by atoms with Gasteiger partial charge in [0.1, 0.15) is 5.25 Å². The first kappa shape index (κ1) is 19.5. The van der Waals surface area contributed by atoms with Crippen LogP contribution in [-0.2, 0) is 14.3 Å². The molecule has 7 heteroatoms. The minimum Gasteiger partial charge on any atom is -0.446 e. The molecule has 2 N–H and O–H groups in total. The van der Waals surface area contributed by atoms with E-state index < -0.39 is 29.3 Å². The van der Waals surface area contributed by atoms with Crippen molar-refractivity contribution in [2.24, 2.45) is 0 Å². The van der Waals surface area contributed by atoms with Crippen LogP contribution >= 0.6 is 11.8 Å². The number of carbonyl (C=O) groups excluding carboxylic acids is 3. The van der Waals surface area contributed by atoms with Crippen molar-refractivity contribution in [2.75, 3.05) is 7.05 Å². The molecule has 0 spiro atoms. The number of amides is 3. The van der Waals surface area contributed by atoms with Crippen LogP contribution in [0.5, 0.6) is 0 Å². The molecular weight excluding hydrogens is 352 g/mol. The van der Waals surface area contributed by atoms with Crippen LogP contribution in [0.2, 0.25) is 0 Å². The molecule has 6 nitrogen and oxygen atoms in total. The maximum Gasteiger partial charge on any atom is 0.321 e. The molecule has 2 rings (SSSR count). The Balaban J connectivity index is 2.11. The summed E-state index contributed by atoms with van der Waals surface area (Å²) in [5, 5.41) is 3.93. The van der Waals surface area contributed by atoms with Crippen molar-refractivity contribution in [3.8, 4) is 0 Å². The van der Waals surface area contributed by atoms with Gasteiger partial charge in [0, 0.05) is 17.5 Å². The predicted molar refractivity (Wildman–Crippen MR) is 99.6 cm³/mol. The highest BCUT2D eigenvalue weighted by molar-refractivity contribution is 8.00. The van der Waals surface area contributed by atoms with E-state index in [1.807, 2.05) is 30.3 Å². The number of hydrogen-bond donors (Lipinski definition) is 2. The summed E-state index contributed by atoms with van der Waals surface area (Å²) in [7, 11) is 1.39. The van der Waals surface area contributed by atoms with Crippen LogP contribution in [-0.4, -0.2) is 30.2 Å². The van der Waals surface area contributed by atoms with Crippen molar-refractivity contribution in [3.63, 3.8) is 0 Å². The maximum atomic E-state index is 12.5. The number of ether oxygens (including phenoxy) is 1. The lowest BCUT2D eigenvalue weighted by atomic mass is 10.1. The summed E-state index contributed by atoms with van der Waals surface area (Å²) in [6.45, 7) is 1.71. The Labute approximate surface area is 156 Å². The van der Waals surface area contributed by atoms with E-state index in [4.69, 9.17) is 4.74 Å². The highest BCUT2D eigenvalue weighted by atomic mass is 32.2. The zero-order valence-electron chi connectivity index (χ0n) is 14.5. The molecule has 0 unspecified atom stereocenters. The van der Waals surface area contributed by atoms with Crippen LogP contribution < -0.4 is 10.6 Å². The highest BCUT2D eigenvalue weighted by Crippen LogP contribution is 2.26. The van der Waals surface area contributed by atoms with E-state index in [1.165, 1.54) is 18.8 Å². The number of hydrogen-bond acceptors (Lipinski definition) is 5. The monoisotopic (exact) mass is 372 g/mol. The third-order valence-electron chi connectivity index (χ3n) is 3.43. The summed E-state index contributed by atoms with van der Waals surface area (Å²) in [5.74, 6) is -1.25. The van der Waals surface area contributed by atoms with Crippen molar-refractivity contribution in [2.45, 2.75) is 23.2 Å². The van der Waals surface area contributed by atoms with Gasteiger partial charge in [-0.15, -0.1) is 11.8 Å². The number of esters is 1. The summed E-state index contributed by atoms with van der Waals surface area (Å²) >= 11 is 1.33. The Bertz CT molecular complexity index is 753. The molecule has 0 saturated heterocycles. The Morgan fingerprint density at radius 3 is 2.12 bits per heavy atom. The smallest absolute Gasteiger partial charge is 0.321 e. The second kappa shape index (κ2) is 9.62. The molecule has 0 aliphatic rings. The standard InChI is InChI=1S/C19H20N2O4S/c1-13(26-15-11-7-4-8-12-15)18(23)25-16(14-9-5-3-6-10-14)17(22)21-19(24)20-2/h3-13,16H,1-2H3,(H2,20,21,22,24)/t13-,16+/m1/s1. The van der Waals surface area contributed by atoms with Crippen LogP contribution in [0, 0.1) is 0 Å². The van der Waals surface area contributed by atoms with Gasteiger partial charge in [-0.05, 0) is 19.1 Å². The third kappa shape index (κ3) is 5.63. The Hall–Kier alpha value is -2.80. The zero-order valence-corrected chi connectivity index (χ0v) is 15.3. The summed E-state index contributed by atoms with van der Waals surface area (Å²) in [6, 6.07) is 17.3. The third-order valence-corrected chi connectivity index (χ3v) is 4.52. The number of urea groups is 1. The van der Waals surface area contributed by atoms with E-state index in [9.17, 15) is 14.4 Å². The average molecular weight is 372 g/mol. The van der Waals surface area contributed by atoms with E-state index in [0.29, 0.717) is 5.56 Å². The van der Waals surface area contributed by atoms with E-state index in [2.05, 4.69) is 10.6 Å². The van der Waals surface area contributed by atoms with Gasteiger partial charge in [0.25, 0.3) is 5.91 Å². The fraction of sp³-hybridized carbons (Fsp3) is 0.211. The number of rotatable bonds is 6. The molecule has 0 aliphatic heterocycles. The molecule has 2 aromatic carbocycles. The molecule has 0 heterocycles. The van der Waals surface area contributed by atoms with E-state index >= 15 is 0 Å². The molecule has 0 fully saturated rings. The van der Waals surface area contributed by atoms with Gasteiger partial charge in [0.05, 0.1) is 0 Å². The lowest BCUT2D eigenvalue weighted by Crippen LogP contribution is -2.41. The van der Waals surface area contributed by atoms with Gasteiger partial charge in [0.15, 0.2) is 0 Å². The Morgan fingerprint density at radius 1 is 0.962 bits per heavy atom. The first-order chi connectivity index (χ1) is 12.5. The molecule has 0 aliphatic carbocycles. The van der Waals surface area contributed by atoms with Gasteiger partial charge in [-0.1, -0.05) is 48.5 Å². The summed E-state index contributed by atoms with van der Waals surface area (Å²) in [5.41, 5.74) is 0.485. The number of benzene rings is 2. The van der Waals surface area contributed by atoms with Crippen LogP contribution in [0.1, 0.15) is 18.6 Å². The summed E-state index contributed by atoms with van der Waals surface area (Å²) < 4.78 is 5.43. The van der Waals surface area contributed by atoms with Crippen LogP contribution in [0.4, 0.5) is 4.79 Å². The maximum absolute atomic E-state index is 12.5. The fourth-order valence-electron chi connectivity index (χ4n) is 2.10. The van der Waals surface area contributed by atoms with Gasteiger partial charge in [-0.3, -0.25) is 14.9 Å². The van der Waals surface area contributed by atoms with Gasteiger partial charge in [0.2, 0.25) is 6.10 Å². The van der Waals surface area contributed by atoms with Gasteiger partial charge >= 0.3 is 12.0 Å². The molecule has 0 aromatic heterocycles. The van der Waals surface area contributed by atoms with Gasteiger partial charge in [-0.25, -0.2) is 4.79 Å². The molecule has 0 radical (unpaired) electrons. The second-order valence-electron chi connectivity index (χ2n) is 5.37. The number of imide groups is 1. The predicted octanol–water partition coefficient (Wildman–Crippen LogP) is 2.91. The largest absolute Gasteiger partial charge is 0.446 e. The van der Waals surface area contributed by atoms with Crippen molar-refractivity contribution in [1.29, 1.82) is 0 Å². The molecule has 0 bridgehead atoms. The lowest BCUT2D eigenvalue weighted by Gasteiger charge is -2.19. The molecule has 2 atom stereocenters. The molecular formula is C19H20N2O4S. The minimum atomic E-state index is -1.21. The number of nitrogens with one attached hydrogen (secondary N) is 2. The normalized spacial score (nSPS) is 12.5. The van der Waals surface area contributed by atoms with Crippen molar-refractivity contribution in [3.05, 3.63) is 66.2 Å². The molecule has 3 amide bonds. The fourth-order valence-corrected chi connectivity index (χ4v) is 2.98. The summed E-state index contributed by atoms with van der Waals surface area (Å²) in [4.78, 5) is 37.2. The van der Waals surface area contributed by atoms with Crippen molar-refractivity contribution < 1.29 is 19.1 Å². The molecule has 0 saturated carbocycles. The first-order valence-electron chi connectivity index (χ1n) is 8.01. The Morgan fingerprint density at radius 2 is 1.54 bits per heavy atom. The van der Waals surface area contributed by atoms with Crippen LogP contribution in [0.25, 0.3) is 0 Å². The molecule has 136 valence electrons. The van der Waals surface area contributed by atoms with E-state index in [0.717, 1.165) is 4.90 Å². The van der Waals surface area contributed by atoms with Gasteiger partial charge in [-0.2, -0.15) is 0 Å². The number of thioether (sulfide) groups is 1. The SMILES string of the molecule is CNC(=O)NC(=O)[C@@H](OC(=O)[C@@H](C)Sc1ccccc1)c1ccccc1. The highest BCUT2D eigenvalue weighted by Gasteiger charge is 2.28. The Kier molecular flexibility index (Phi) is 7.23. The molecule has 26 heavy (non-hydrogen) atoms. The number of carbonyl (C=O) groups is 3. The lowest BCUT2D eigenvalue weighted by molar-refractivity contribution is -0.155. The topological polar surface area (TPSA) is 84.5 Å². The minimum absolute atomic E-state index is 0.485. The van der Waals surface area contributed by atoms with Crippen LogP contribution in [0.3, 0.4) is 0 Å². The van der Waals surface area contributed by atoms with Crippen molar-refractivity contribution in [1.82, 2.24) is 10.6 Å². The molecule has 2 aromatic rings. The quantitative estimate of drug-likeness (QED) is 0.602. The first-order valence-corrected chi connectivity index (χ1v) is 8.89.